The zero-order valence-corrected chi connectivity index (χ0v) is 9.78. The van der Waals surface area contributed by atoms with Gasteiger partial charge >= 0.3 is 0 Å². The van der Waals surface area contributed by atoms with E-state index in [1.54, 1.807) is 30.6 Å². The van der Waals surface area contributed by atoms with Gasteiger partial charge in [0.05, 0.1) is 5.56 Å². The average molecular weight is 239 g/mol. The van der Waals surface area contributed by atoms with Crippen LogP contribution in [0.5, 0.6) is 5.75 Å². The predicted molar refractivity (Wildman–Crippen MR) is 67.8 cm³/mol. The molecule has 0 fully saturated rings. The molecular formula is C14H13N3O. The van der Waals surface area contributed by atoms with Crippen LogP contribution in [0, 0.1) is 11.3 Å². The Kier molecular flexibility index (Phi) is 3.90. The third kappa shape index (κ3) is 2.65. The Morgan fingerprint density at radius 1 is 1.22 bits per heavy atom. The second-order valence-electron chi connectivity index (χ2n) is 3.73. The number of benzene rings is 1. The molecule has 4 nitrogen and oxygen atoms in total. The minimum atomic E-state index is -0.275. The van der Waals surface area contributed by atoms with Crippen LogP contribution in [0.3, 0.4) is 0 Å². The summed E-state index contributed by atoms with van der Waals surface area (Å²) in [6, 6.07) is 12.9. The number of nitrogens with two attached hydrogens (primary N) is 1. The normalized spacial score (nSPS) is 11.6. The third-order valence-electron chi connectivity index (χ3n) is 2.57. The Labute approximate surface area is 106 Å². The molecule has 0 saturated carbocycles. The van der Waals surface area contributed by atoms with Gasteiger partial charge in [-0.3, -0.25) is 4.98 Å². The molecule has 2 aromatic rings. The van der Waals surface area contributed by atoms with Crippen LogP contribution in [0.15, 0.2) is 48.8 Å². The number of hydrogen-bond acceptors (Lipinski definition) is 4. The van der Waals surface area contributed by atoms with E-state index < -0.39 is 0 Å². The molecule has 0 saturated heterocycles. The molecule has 1 aromatic heterocycles. The fourth-order valence-electron chi connectivity index (χ4n) is 1.65. The maximum Gasteiger partial charge on any atom is 0.138 e. The van der Waals surface area contributed by atoms with Gasteiger partial charge in [-0.25, -0.2) is 0 Å². The van der Waals surface area contributed by atoms with Crippen molar-refractivity contribution in [2.45, 2.75) is 6.10 Å². The van der Waals surface area contributed by atoms with E-state index in [0.717, 1.165) is 5.56 Å². The molecule has 0 radical (unpaired) electrons. The maximum absolute atomic E-state index is 9.00. The molecule has 18 heavy (non-hydrogen) atoms. The van der Waals surface area contributed by atoms with Crippen molar-refractivity contribution in [2.75, 3.05) is 6.54 Å². The smallest absolute Gasteiger partial charge is 0.138 e. The van der Waals surface area contributed by atoms with E-state index in [0.29, 0.717) is 17.9 Å². The lowest BCUT2D eigenvalue weighted by Crippen LogP contribution is -2.18. The maximum atomic E-state index is 9.00. The SMILES string of the molecule is N#Cc1ccccc1OC(CN)c1ccncc1. The van der Waals surface area contributed by atoms with Crippen molar-refractivity contribution in [3.05, 3.63) is 59.9 Å². The average Bonchev–Trinajstić information content (AvgIpc) is 2.46. The molecule has 0 aliphatic heterocycles. The van der Waals surface area contributed by atoms with Crippen molar-refractivity contribution < 1.29 is 4.74 Å². The van der Waals surface area contributed by atoms with E-state index in [9.17, 15) is 0 Å². The molecule has 0 aliphatic rings. The number of rotatable bonds is 4. The first kappa shape index (κ1) is 12.1. The van der Waals surface area contributed by atoms with Crippen molar-refractivity contribution in [1.29, 1.82) is 5.26 Å². The summed E-state index contributed by atoms with van der Waals surface area (Å²) in [4.78, 5) is 3.95. The molecule has 0 amide bonds. The molecule has 90 valence electrons. The molecule has 4 heteroatoms. The Balaban J connectivity index is 2.24. The minimum absolute atomic E-state index is 0.275. The molecule has 0 aliphatic carbocycles. The number of hydrogen-bond donors (Lipinski definition) is 1. The highest BCUT2D eigenvalue weighted by Crippen LogP contribution is 2.23. The fourth-order valence-corrected chi connectivity index (χ4v) is 1.65. The highest BCUT2D eigenvalue weighted by Gasteiger charge is 2.13. The number of para-hydroxylation sites is 1. The van der Waals surface area contributed by atoms with E-state index in [2.05, 4.69) is 11.1 Å². The van der Waals surface area contributed by atoms with Crippen molar-refractivity contribution in [1.82, 2.24) is 4.98 Å². The van der Waals surface area contributed by atoms with Gasteiger partial charge in [0.2, 0.25) is 0 Å². The first-order valence-corrected chi connectivity index (χ1v) is 5.61. The van der Waals surface area contributed by atoms with Gasteiger partial charge in [0.1, 0.15) is 17.9 Å². The first-order chi connectivity index (χ1) is 8.85. The lowest BCUT2D eigenvalue weighted by molar-refractivity contribution is 0.213. The second kappa shape index (κ2) is 5.80. The molecule has 1 unspecified atom stereocenters. The minimum Gasteiger partial charge on any atom is -0.483 e. The van der Waals surface area contributed by atoms with Crippen molar-refractivity contribution >= 4 is 0 Å². The Morgan fingerprint density at radius 3 is 2.61 bits per heavy atom. The van der Waals surface area contributed by atoms with Gasteiger partial charge in [-0.1, -0.05) is 12.1 Å². The van der Waals surface area contributed by atoms with Crippen LogP contribution in [0.1, 0.15) is 17.2 Å². The number of aromatic nitrogens is 1. The number of nitriles is 1. The van der Waals surface area contributed by atoms with Crippen molar-refractivity contribution in [3.8, 4) is 11.8 Å². The van der Waals surface area contributed by atoms with Gasteiger partial charge in [0.15, 0.2) is 0 Å². The summed E-state index contributed by atoms with van der Waals surface area (Å²) in [5.74, 6) is 0.548. The first-order valence-electron chi connectivity index (χ1n) is 5.61. The number of pyridine rings is 1. The summed E-state index contributed by atoms with van der Waals surface area (Å²) >= 11 is 0. The van der Waals surface area contributed by atoms with Crippen LogP contribution in [0.25, 0.3) is 0 Å². The molecule has 0 spiro atoms. The van der Waals surface area contributed by atoms with Gasteiger partial charge in [0.25, 0.3) is 0 Å². The molecule has 2 rings (SSSR count). The summed E-state index contributed by atoms with van der Waals surface area (Å²) in [6.07, 6.45) is 3.11. The van der Waals surface area contributed by atoms with E-state index in [-0.39, 0.29) is 6.10 Å². The largest absolute Gasteiger partial charge is 0.483 e. The summed E-state index contributed by atoms with van der Waals surface area (Å²) in [5.41, 5.74) is 7.17. The van der Waals surface area contributed by atoms with Gasteiger partial charge < -0.3 is 10.5 Å². The van der Waals surface area contributed by atoms with E-state index in [4.69, 9.17) is 15.7 Å². The monoisotopic (exact) mass is 239 g/mol. The molecular weight excluding hydrogens is 226 g/mol. The van der Waals surface area contributed by atoms with Gasteiger partial charge in [-0.05, 0) is 29.8 Å². The van der Waals surface area contributed by atoms with E-state index in [1.165, 1.54) is 0 Å². The molecule has 1 atom stereocenters. The van der Waals surface area contributed by atoms with Crippen LogP contribution in [-0.4, -0.2) is 11.5 Å². The molecule has 1 heterocycles. The van der Waals surface area contributed by atoms with E-state index in [1.807, 2.05) is 18.2 Å². The lowest BCUT2D eigenvalue weighted by atomic mass is 10.1. The van der Waals surface area contributed by atoms with Gasteiger partial charge in [-0.15, -0.1) is 0 Å². The van der Waals surface area contributed by atoms with Crippen molar-refractivity contribution in [2.24, 2.45) is 5.73 Å². The highest BCUT2D eigenvalue weighted by atomic mass is 16.5. The summed E-state index contributed by atoms with van der Waals surface area (Å²) in [6.45, 7) is 0.337. The summed E-state index contributed by atoms with van der Waals surface area (Å²) < 4.78 is 5.80. The van der Waals surface area contributed by atoms with Crippen LogP contribution >= 0.6 is 0 Å². The van der Waals surface area contributed by atoms with E-state index >= 15 is 0 Å². The molecule has 1 aromatic carbocycles. The zero-order valence-electron chi connectivity index (χ0n) is 9.78. The Hall–Kier alpha value is -2.38. The van der Waals surface area contributed by atoms with Gasteiger partial charge in [-0.2, -0.15) is 5.26 Å². The lowest BCUT2D eigenvalue weighted by Gasteiger charge is -2.18. The Morgan fingerprint density at radius 2 is 1.94 bits per heavy atom. The Bertz CT molecular complexity index is 548. The molecule has 2 N–H and O–H groups in total. The number of ether oxygens (including phenoxy) is 1. The van der Waals surface area contributed by atoms with Crippen LogP contribution in [-0.2, 0) is 0 Å². The summed E-state index contributed by atoms with van der Waals surface area (Å²) in [5, 5.41) is 9.00. The quantitative estimate of drug-likeness (QED) is 0.886. The predicted octanol–water partition coefficient (Wildman–Crippen LogP) is 2.03. The standard InChI is InChI=1S/C14H13N3O/c15-9-12-3-1-2-4-13(12)18-14(10-16)11-5-7-17-8-6-11/h1-8,14H,10,16H2. The zero-order chi connectivity index (χ0) is 12.8. The van der Waals surface area contributed by atoms with Crippen LogP contribution < -0.4 is 10.5 Å². The van der Waals surface area contributed by atoms with Gasteiger partial charge in [0, 0.05) is 18.9 Å². The third-order valence-corrected chi connectivity index (χ3v) is 2.57. The topological polar surface area (TPSA) is 71.9 Å². The second-order valence-corrected chi connectivity index (χ2v) is 3.73. The molecule has 0 bridgehead atoms. The van der Waals surface area contributed by atoms with Crippen molar-refractivity contribution in [3.63, 3.8) is 0 Å². The van der Waals surface area contributed by atoms with Crippen LogP contribution in [0.2, 0.25) is 0 Å². The fraction of sp³-hybridized carbons (Fsp3) is 0.143. The number of nitrogens with zero attached hydrogens (tertiary/aromatic N) is 2. The highest BCUT2D eigenvalue weighted by molar-refractivity contribution is 5.42. The summed E-state index contributed by atoms with van der Waals surface area (Å²) in [7, 11) is 0. The van der Waals surface area contributed by atoms with Crippen LogP contribution in [0.4, 0.5) is 0 Å².